The fourth-order valence-corrected chi connectivity index (χ4v) is 4.10. The molecule has 1 heterocycles. The van der Waals surface area contributed by atoms with Crippen LogP contribution in [-0.2, 0) is 21.2 Å². The van der Waals surface area contributed by atoms with E-state index in [2.05, 4.69) is 10.0 Å². The van der Waals surface area contributed by atoms with Crippen LogP contribution in [0.1, 0.15) is 15.9 Å². The predicted molar refractivity (Wildman–Crippen MR) is 95.5 cm³/mol. The zero-order valence-electron chi connectivity index (χ0n) is 13.5. The Morgan fingerprint density at radius 2 is 1.96 bits per heavy atom. The summed E-state index contributed by atoms with van der Waals surface area (Å²) >= 11 is 5.80. The molecule has 132 valence electrons. The number of nitrogens with one attached hydrogen (secondary N) is 2. The predicted octanol–water partition coefficient (Wildman–Crippen LogP) is 2.44. The van der Waals surface area contributed by atoms with Crippen LogP contribution in [0, 0.1) is 0 Å². The molecule has 1 unspecified atom stereocenters. The van der Waals surface area contributed by atoms with Crippen molar-refractivity contribution in [2.24, 2.45) is 0 Å². The minimum absolute atomic E-state index is 0.158. The maximum absolute atomic E-state index is 12.5. The van der Waals surface area contributed by atoms with Gasteiger partial charge in [-0.3, -0.25) is 0 Å². The molecule has 0 spiro atoms. The van der Waals surface area contributed by atoms with Crippen molar-refractivity contribution in [1.29, 1.82) is 0 Å². The van der Waals surface area contributed by atoms with Gasteiger partial charge in [0.25, 0.3) is 0 Å². The molecule has 2 aromatic rings. The van der Waals surface area contributed by atoms with Crippen molar-refractivity contribution in [1.82, 2.24) is 4.72 Å². The Labute approximate surface area is 151 Å². The summed E-state index contributed by atoms with van der Waals surface area (Å²) in [5.74, 6) is -0.424. The lowest BCUT2D eigenvalue weighted by Gasteiger charge is -2.27. The molecule has 0 saturated heterocycles. The highest BCUT2D eigenvalue weighted by Gasteiger charge is 2.25. The summed E-state index contributed by atoms with van der Waals surface area (Å²) in [7, 11) is -2.33. The summed E-state index contributed by atoms with van der Waals surface area (Å²) in [6, 6.07) is 10.9. The zero-order valence-corrected chi connectivity index (χ0v) is 15.0. The molecule has 0 bridgehead atoms. The Morgan fingerprint density at radius 3 is 2.64 bits per heavy atom. The highest BCUT2D eigenvalue weighted by Crippen LogP contribution is 2.24. The second-order valence-corrected chi connectivity index (χ2v) is 7.87. The molecular formula is C17H17ClN2O4S. The summed E-state index contributed by atoms with van der Waals surface area (Å²) in [5, 5.41) is 3.65. The molecule has 25 heavy (non-hydrogen) atoms. The van der Waals surface area contributed by atoms with Gasteiger partial charge in [0, 0.05) is 23.3 Å². The number of fused-ring (bicyclic) bond motifs is 1. The molecule has 2 N–H and O–H groups in total. The van der Waals surface area contributed by atoms with E-state index in [0.29, 0.717) is 23.6 Å². The fraction of sp³-hybridized carbons (Fsp3) is 0.235. The summed E-state index contributed by atoms with van der Waals surface area (Å²) in [6.07, 6.45) is 0.472. The molecule has 0 saturated carbocycles. The number of carbonyl (C=O) groups excluding carboxylic acids is 1. The van der Waals surface area contributed by atoms with Gasteiger partial charge in [0.1, 0.15) is 0 Å². The molecule has 1 aliphatic heterocycles. The van der Waals surface area contributed by atoms with Gasteiger partial charge in [-0.25, -0.2) is 17.9 Å². The van der Waals surface area contributed by atoms with Gasteiger partial charge in [-0.05, 0) is 54.4 Å². The standard InChI is InChI=1S/C17H17ClN2O4S/c1-24-17(21)11-2-7-16-12(8-11)9-14(10-19-16)20-25(22,23)15-5-3-13(18)4-6-15/h2-8,14,19-20H,9-10H2,1H3. The number of hydrogen-bond acceptors (Lipinski definition) is 5. The van der Waals surface area contributed by atoms with Crippen molar-refractivity contribution in [2.75, 3.05) is 19.0 Å². The van der Waals surface area contributed by atoms with E-state index in [1.807, 2.05) is 0 Å². The van der Waals surface area contributed by atoms with E-state index in [0.717, 1.165) is 11.3 Å². The first-order chi connectivity index (χ1) is 11.9. The number of anilines is 1. The first-order valence-electron chi connectivity index (χ1n) is 7.62. The first-order valence-corrected chi connectivity index (χ1v) is 9.48. The van der Waals surface area contributed by atoms with Crippen molar-refractivity contribution in [3.05, 3.63) is 58.6 Å². The SMILES string of the molecule is COC(=O)c1ccc2c(c1)CC(NS(=O)(=O)c1ccc(Cl)cc1)CN2. The Morgan fingerprint density at radius 1 is 1.24 bits per heavy atom. The van der Waals surface area contributed by atoms with Crippen molar-refractivity contribution in [3.8, 4) is 0 Å². The van der Waals surface area contributed by atoms with E-state index in [-0.39, 0.29) is 10.9 Å². The number of methoxy groups -OCH3 is 1. The molecule has 8 heteroatoms. The quantitative estimate of drug-likeness (QED) is 0.796. The maximum Gasteiger partial charge on any atom is 0.337 e. The first kappa shape index (κ1) is 17.7. The Hall–Kier alpha value is -2.09. The smallest absolute Gasteiger partial charge is 0.337 e. The minimum atomic E-state index is -3.65. The molecule has 0 aliphatic carbocycles. The van der Waals surface area contributed by atoms with Crippen molar-refractivity contribution in [3.63, 3.8) is 0 Å². The van der Waals surface area contributed by atoms with Crippen LogP contribution in [0.2, 0.25) is 5.02 Å². The largest absolute Gasteiger partial charge is 0.465 e. The average Bonchev–Trinajstić information content (AvgIpc) is 2.60. The Balaban J connectivity index is 1.78. The zero-order chi connectivity index (χ0) is 18.0. The number of sulfonamides is 1. The van der Waals surface area contributed by atoms with E-state index in [1.165, 1.54) is 31.4 Å². The Kier molecular flexibility index (Phi) is 4.99. The van der Waals surface area contributed by atoms with E-state index in [1.54, 1.807) is 18.2 Å². The summed E-state index contributed by atoms with van der Waals surface area (Å²) in [6.45, 7) is 0.456. The highest BCUT2D eigenvalue weighted by atomic mass is 35.5. The van der Waals surface area contributed by atoms with Gasteiger partial charge in [-0.15, -0.1) is 0 Å². The average molecular weight is 381 g/mol. The van der Waals surface area contributed by atoms with E-state index < -0.39 is 16.0 Å². The van der Waals surface area contributed by atoms with E-state index in [4.69, 9.17) is 16.3 Å². The fourth-order valence-electron chi connectivity index (χ4n) is 2.74. The van der Waals surface area contributed by atoms with Crippen LogP contribution in [-0.4, -0.2) is 34.1 Å². The topological polar surface area (TPSA) is 84.5 Å². The summed E-state index contributed by atoms with van der Waals surface area (Å²) in [5.41, 5.74) is 2.18. The number of rotatable bonds is 4. The maximum atomic E-state index is 12.5. The lowest BCUT2D eigenvalue weighted by atomic mass is 9.98. The molecule has 0 radical (unpaired) electrons. The molecule has 6 nitrogen and oxygen atoms in total. The highest BCUT2D eigenvalue weighted by molar-refractivity contribution is 7.89. The van der Waals surface area contributed by atoms with Crippen LogP contribution in [0.5, 0.6) is 0 Å². The third kappa shape index (κ3) is 3.95. The third-order valence-electron chi connectivity index (χ3n) is 3.98. The van der Waals surface area contributed by atoms with E-state index >= 15 is 0 Å². The van der Waals surface area contributed by atoms with Crippen LogP contribution in [0.3, 0.4) is 0 Å². The molecule has 1 aliphatic rings. The van der Waals surface area contributed by atoms with Gasteiger partial charge in [0.15, 0.2) is 0 Å². The number of carbonyl (C=O) groups is 1. The number of hydrogen-bond donors (Lipinski definition) is 2. The molecule has 3 rings (SSSR count). The lowest BCUT2D eigenvalue weighted by Crippen LogP contribution is -2.43. The molecule has 2 aromatic carbocycles. The van der Waals surface area contributed by atoms with Crippen LogP contribution < -0.4 is 10.0 Å². The van der Waals surface area contributed by atoms with Gasteiger partial charge in [-0.2, -0.15) is 0 Å². The monoisotopic (exact) mass is 380 g/mol. The molecule has 0 fully saturated rings. The van der Waals surface area contributed by atoms with Crippen molar-refractivity contribution >= 4 is 33.3 Å². The van der Waals surface area contributed by atoms with Gasteiger partial charge >= 0.3 is 5.97 Å². The number of halogens is 1. The number of ether oxygens (including phenoxy) is 1. The lowest BCUT2D eigenvalue weighted by molar-refractivity contribution is 0.0600. The normalized spacial score (nSPS) is 16.6. The molecule has 1 atom stereocenters. The van der Waals surface area contributed by atoms with Crippen LogP contribution in [0.4, 0.5) is 5.69 Å². The number of esters is 1. The number of benzene rings is 2. The van der Waals surface area contributed by atoms with Crippen LogP contribution >= 0.6 is 11.6 Å². The second-order valence-electron chi connectivity index (χ2n) is 5.72. The van der Waals surface area contributed by atoms with Gasteiger partial charge in [0.2, 0.25) is 10.0 Å². The van der Waals surface area contributed by atoms with Crippen molar-refractivity contribution < 1.29 is 17.9 Å². The van der Waals surface area contributed by atoms with Crippen LogP contribution in [0.25, 0.3) is 0 Å². The summed E-state index contributed by atoms with van der Waals surface area (Å²) < 4.78 is 32.4. The molecule has 0 aromatic heterocycles. The third-order valence-corrected chi connectivity index (χ3v) is 5.77. The second kappa shape index (κ2) is 7.03. The van der Waals surface area contributed by atoms with Gasteiger partial charge in [-0.1, -0.05) is 11.6 Å². The van der Waals surface area contributed by atoms with E-state index in [9.17, 15) is 13.2 Å². The van der Waals surface area contributed by atoms with Gasteiger partial charge < -0.3 is 10.1 Å². The van der Waals surface area contributed by atoms with Gasteiger partial charge in [0.05, 0.1) is 17.6 Å². The summed E-state index contributed by atoms with van der Waals surface area (Å²) in [4.78, 5) is 11.8. The molecule has 0 amide bonds. The van der Waals surface area contributed by atoms with Crippen molar-refractivity contribution in [2.45, 2.75) is 17.4 Å². The minimum Gasteiger partial charge on any atom is -0.465 e. The Bertz CT molecular complexity index is 897. The van der Waals surface area contributed by atoms with Crippen LogP contribution in [0.15, 0.2) is 47.4 Å². The molecular weight excluding hydrogens is 364 g/mol.